The average Bonchev–Trinajstić information content (AvgIpc) is 2.68. The Morgan fingerprint density at radius 3 is 2.17 bits per heavy atom. The normalized spacial score (nSPS) is 15.0. The van der Waals surface area contributed by atoms with E-state index in [4.69, 9.17) is 0 Å². The van der Waals surface area contributed by atoms with Gasteiger partial charge < -0.3 is 4.90 Å². The summed E-state index contributed by atoms with van der Waals surface area (Å²) < 4.78 is 0. The molecule has 94 valence electrons. The van der Waals surface area contributed by atoms with Crippen LogP contribution in [0.4, 0.5) is 0 Å². The molecule has 1 aliphatic heterocycles. The molecule has 0 atom stereocenters. The van der Waals surface area contributed by atoms with Crippen molar-refractivity contribution < 1.29 is 9.59 Å². The highest BCUT2D eigenvalue weighted by Gasteiger charge is 2.33. The predicted molar refractivity (Wildman–Crippen MR) is 69.4 cm³/mol. The fourth-order valence-electron chi connectivity index (χ4n) is 2.16. The minimum Gasteiger partial charge on any atom is -0.367 e. The molecule has 1 heterocycles. The van der Waals surface area contributed by atoms with Crippen LogP contribution >= 0.6 is 0 Å². The van der Waals surface area contributed by atoms with E-state index in [0.29, 0.717) is 24.4 Å². The number of nitrogens with zero attached hydrogens (tertiary/aromatic N) is 1. The maximum Gasteiger partial charge on any atom is 0.275 e. The SMILES string of the molecule is CCN(CC)C1=C(c2ccccc2)C(=O)NC1=O. The second-order valence-corrected chi connectivity index (χ2v) is 4.05. The zero-order valence-corrected chi connectivity index (χ0v) is 10.6. The number of carbonyl (C=O) groups is 2. The zero-order chi connectivity index (χ0) is 13.1. The van der Waals surface area contributed by atoms with E-state index >= 15 is 0 Å². The largest absolute Gasteiger partial charge is 0.367 e. The quantitative estimate of drug-likeness (QED) is 0.814. The van der Waals surface area contributed by atoms with Crippen LogP contribution in [-0.2, 0) is 9.59 Å². The van der Waals surface area contributed by atoms with Gasteiger partial charge in [-0.2, -0.15) is 0 Å². The van der Waals surface area contributed by atoms with Gasteiger partial charge in [0.25, 0.3) is 11.8 Å². The Morgan fingerprint density at radius 1 is 1.00 bits per heavy atom. The molecule has 1 aromatic rings. The molecule has 4 nitrogen and oxygen atoms in total. The van der Waals surface area contributed by atoms with Gasteiger partial charge in [0.15, 0.2) is 0 Å². The summed E-state index contributed by atoms with van der Waals surface area (Å²) in [5.41, 5.74) is 1.74. The summed E-state index contributed by atoms with van der Waals surface area (Å²) in [6.45, 7) is 5.33. The van der Waals surface area contributed by atoms with E-state index in [-0.39, 0.29) is 11.8 Å². The predicted octanol–water partition coefficient (Wildman–Crippen LogP) is 1.40. The molecule has 1 aliphatic rings. The molecule has 0 radical (unpaired) electrons. The number of hydrogen-bond donors (Lipinski definition) is 1. The molecule has 0 bridgehead atoms. The fraction of sp³-hybridized carbons (Fsp3) is 0.286. The standard InChI is InChI=1S/C14H16N2O2/c1-3-16(4-2)12-11(13(17)15-14(12)18)10-8-6-5-7-9-10/h5-9H,3-4H2,1-2H3,(H,15,17,18). The van der Waals surface area contributed by atoms with Gasteiger partial charge in [0, 0.05) is 13.1 Å². The van der Waals surface area contributed by atoms with Crippen LogP contribution in [0.15, 0.2) is 36.0 Å². The van der Waals surface area contributed by atoms with Gasteiger partial charge in [-0.15, -0.1) is 0 Å². The van der Waals surface area contributed by atoms with Crippen molar-refractivity contribution in [1.29, 1.82) is 0 Å². The number of carbonyl (C=O) groups excluding carboxylic acids is 2. The smallest absolute Gasteiger partial charge is 0.275 e. The van der Waals surface area contributed by atoms with Gasteiger partial charge in [-0.1, -0.05) is 30.3 Å². The highest BCUT2D eigenvalue weighted by Crippen LogP contribution is 2.26. The Hall–Kier alpha value is -2.10. The lowest BCUT2D eigenvalue weighted by atomic mass is 10.0. The van der Waals surface area contributed by atoms with E-state index in [1.165, 1.54) is 0 Å². The van der Waals surface area contributed by atoms with E-state index in [9.17, 15) is 9.59 Å². The first kappa shape index (κ1) is 12.4. The number of rotatable bonds is 4. The average molecular weight is 244 g/mol. The zero-order valence-electron chi connectivity index (χ0n) is 10.6. The summed E-state index contributed by atoms with van der Waals surface area (Å²) in [6.07, 6.45) is 0. The summed E-state index contributed by atoms with van der Waals surface area (Å²) in [4.78, 5) is 25.7. The van der Waals surface area contributed by atoms with Crippen molar-refractivity contribution in [3.63, 3.8) is 0 Å². The van der Waals surface area contributed by atoms with Crippen LogP contribution in [0.2, 0.25) is 0 Å². The lowest BCUT2D eigenvalue weighted by molar-refractivity contribution is -0.124. The first-order valence-corrected chi connectivity index (χ1v) is 6.09. The molecule has 0 saturated heterocycles. The second kappa shape index (κ2) is 5.04. The van der Waals surface area contributed by atoms with Gasteiger partial charge in [-0.25, -0.2) is 0 Å². The summed E-state index contributed by atoms with van der Waals surface area (Å²) >= 11 is 0. The lowest BCUT2D eigenvalue weighted by Crippen LogP contribution is -2.30. The Kier molecular flexibility index (Phi) is 3.46. The molecule has 0 saturated carbocycles. The molecule has 0 aromatic heterocycles. The summed E-state index contributed by atoms with van der Waals surface area (Å²) in [5, 5.41) is 2.37. The fourth-order valence-corrected chi connectivity index (χ4v) is 2.16. The van der Waals surface area contributed by atoms with E-state index in [0.717, 1.165) is 5.56 Å². The highest BCUT2D eigenvalue weighted by atomic mass is 16.2. The van der Waals surface area contributed by atoms with E-state index in [1.807, 2.05) is 49.1 Å². The summed E-state index contributed by atoms with van der Waals surface area (Å²) in [7, 11) is 0. The second-order valence-electron chi connectivity index (χ2n) is 4.05. The Bertz CT molecular complexity index is 502. The number of benzene rings is 1. The molecule has 18 heavy (non-hydrogen) atoms. The van der Waals surface area contributed by atoms with Crippen LogP contribution in [0.1, 0.15) is 19.4 Å². The van der Waals surface area contributed by atoms with Gasteiger partial charge >= 0.3 is 0 Å². The lowest BCUT2D eigenvalue weighted by Gasteiger charge is -2.21. The molecule has 1 aromatic carbocycles. The van der Waals surface area contributed by atoms with Gasteiger partial charge in [0.1, 0.15) is 5.70 Å². The molecule has 0 fully saturated rings. The molecule has 1 N–H and O–H groups in total. The van der Waals surface area contributed by atoms with Crippen molar-refractivity contribution in [2.75, 3.05) is 13.1 Å². The number of nitrogens with one attached hydrogen (secondary N) is 1. The van der Waals surface area contributed by atoms with Crippen molar-refractivity contribution >= 4 is 17.4 Å². The molecular weight excluding hydrogens is 228 g/mol. The summed E-state index contributed by atoms with van der Waals surface area (Å²) in [5.74, 6) is -0.615. The highest BCUT2D eigenvalue weighted by molar-refractivity contribution is 6.35. The first-order chi connectivity index (χ1) is 8.69. The van der Waals surface area contributed by atoms with Crippen molar-refractivity contribution in [1.82, 2.24) is 10.2 Å². The van der Waals surface area contributed by atoms with E-state index in [1.54, 1.807) is 0 Å². The number of amides is 2. The van der Waals surface area contributed by atoms with Gasteiger partial charge in [-0.3, -0.25) is 14.9 Å². The molecule has 0 unspecified atom stereocenters. The minimum absolute atomic E-state index is 0.303. The van der Waals surface area contributed by atoms with Crippen molar-refractivity contribution in [2.45, 2.75) is 13.8 Å². The number of imide groups is 1. The Balaban J connectivity index is 2.56. The third kappa shape index (κ3) is 2.01. The van der Waals surface area contributed by atoms with Crippen LogP contribution in [-0.4, -0.2) is 29.8 Å². The van der Waals surface area contributed by atoms with Gasteiger partial charge in [0.05, 0.1) is 5.57 Å². The number of hydrogen-bond acceptors (Lipinski definition) is 3. The van der Waals surface area contributed by atoms with E-state index < -0.39 is 0 Å². The van der Waals surface area contributed by atoms with Crippen LogP contribution in [0.3, 0.4) is 0 Å². The van der Waals surface area contributed by atoms with Crippen molar-refractivity contribution in [3.05, 3.63) is 41.6 Å². The Labute approximate surface area is 106 Å². The van der Waals surface area contributed by atoms with Crippen molar-refractivity contribution in [3.8, 4) is 0 Å². The third-order valence-corrected chi connectivity index (χ3v) is 3.05. The Morgan fingerprint density at radius 2 is 1.61 bits per heavy atom. The minimum atomic E-state index is -0.312. The molecular formula is C14H16N2O2. The molecule has 4 heteroatoms. The van der Waals surface area contributed by atoms with Crippen LogP contribution in [0.5, 0.6) is 0 Å². The third-order valence-electron chi connectivity index (χ3n) is 3.05. The molecule has 0 spiro atoms. The maximum absolute atomic E-state index is 11.9. The molecule has 2 rings (SSSR count). The van der Waals surface area contributed by atoms with Crippen LogP contribution in [0, 0.1) is 0 Å². The van der Waals surface area contributed by atoms with Gasteiger partial charge in [0.2, 0.25) is 0 Å². The van der Waals surface area contributed by atoms with Crippen LogP contribution < -0.4 is 5.32 Å². The van der Waals surface area contributed by atoms with E-state index in [2.05, 4.69) is 5.32 Å². The number of likely N-dealkylation sites (N-methyl/N-ethyl adjacent to an activating group) is 1. The summed E-state index contributed by atoms with van der Waals surface area (Å²) in [6, 6.07) is 9.29. The maximum atomic E-state index is 11.9. The van der Waals surface area contributed by atoms with Crippen LogP contribution in [0.25, 0.3) is 5.57 Å². The molecule has 0 aliphatic carbocycles. The monoisotopic (exact) mass is 244 g/mol. The molecule has 2 amide bonds. The van der Waals surface area contributed by atoms with Crippen molar-refractivity contribution in [2.24, 2.45) is 0 Å². The topological polar surface area (TPSA) is 49.4 Å². The van der Waals surface area contributed by atoms with Gasteiger partial charge in [-0.05, 0) is 19.4 Å². The first-order valence-electron chi connectivity index (χ1n) is 6.09.